The molecule has 1 aliphatic heterocycles. The van der Waals surface area contributed by atoms with E-state index in [1.54, 1.807) is 6.92 Å². The standard InChI is InChI=1S/C22H31NO8/c1-21-10-15(25)19-12(13(21)5-6-16(21)26)4-7-18(28)31-22(19,2)9-8-17(27)23-14(11-24)20(29)30-3/h12-14,19,24H,4-11H2,1-3H3,(H,23,27). The van der Waals surface area contributed by atoms with Crippen LogP contribution in [0.1, 0.15) is 58.8 Å². The number of Topliss-reactive ketones (excluding diaryl/α,β-unsaturated/α-hetero) is 2. The predicted molar refractivity (Wildman–Crippen MR) is 106 cm³/mol. The van der Waals surface area contributed by atoms with Gasteiger partial charge < -0.3 is 19.9 Å². The van der Waals surface area contributed by atoms with Crippen molar-refractivity contribution in [3.05, 3.63) is 0 Å². The van der Waals surface area contributed by atoms with Crippen LogP contribution in [-0.4, -0.2) is 59.9 Å². The van der Waals surface area contributed by atoms with E-state index >= 15 is 0 Å². The summed E-state index contributed by atoms with van der Waals surface area (Å²) >= 11 is 0. The van der Waals surface area contributed by atoms with Gasteiger partial charge in [-0.1, -0.05) is 6.92 Å². The van der Waals surface area contributed by atoms with Gasteiger partial charge in [-0.25, -0.2) is 4.79 Å². The summed E-state index contributed by atoms with van der Waals surface area (Å²) in [7, 11) is 1.15. The van der Waals surface area contributed by atoms with E-state index in [9.17, 15) is 29.1 Å². The molecule has 9 heteroatoms. The minimum absolute atomic E-state index is 0.0171. The van der Waals surface area contributed by atoms with Crippen molar-refractivity contribution in [2.45, 2.75) is 70.4 Å². The smallest absolute Gasteiger partial charge is 0.330 e. The molecule has 1 heterocycles. The lowest BCUT2D eigenvalue weighted by Gasteiger charge is -2.48. The number of fused-ring (bicyclic) bond motifs is 3. The van der Waals surface area contributed by atoms with E-state index in [4.69, 9.17) is 4.74 Å². The second-order valence-corrected chi connectivity index (χ2v) is 9.42. The highest BCUT2D eigenvalue weighted by Gasteiger charge is 2.61. The SMILES string of the molecule is COC(=O)C(CO)NC(=O)CCC1(C)OC(=O)CCC2C1C(=O)CC1(C)C(=O)CCC21. The van der Waals surface area contributed by atoms with Crippen molar-refractivity contribution in [2.24, 2.45) is 23.2 Å². The van der Waals surface area contributed by atoms with E-state index in [1.807, 2.05) is 6.92 Å². The molecule has 1 amide bonds. The number of ketones is 2. The van der Waals surface area contributed by atoms with Crippen molar-refractivity contribution in [1.82, 2.24) is 5.32 Å². The second-order valence-electron chi connectivity index (χ2n) is 9.42. The van der Waals surface area contributed by atoms with Gasteiger partial charge in [-0.05, 0) is 38.0 Å². The maximum absolute atomic E-state index is 13.3. The highest BCUT2D eigenvalue weighted by molar-refractivity contribution is 5.96. The summed E-state index contributed by atoms with van der Waals surface area (Å²) in [4.78, 5) is 62.2. The van der Waals surface area contributed by atoms with Crippen LogP contribution < -0.4 is 5.32 Å². The molecular formula is C22H31NO8. The molecule has 9 nitrogen and oxygen atoms in total. The number of nitrogens with one attached hydrogen (secondary N) is 1. The fourth-order valence-electron chi connectivity index (χ4n) is 5.93. The molecule has 2 saturated carbocycles. The normalized spacial score (nSPS) is 36.0. The maximum atomic E-state index is 13.3. The fourth-order valence-corrected chi connectivity index (χ4v) is 5.93. The van der Waals surface area contributed by atoms with Crippen LogP contribution in [0.2, 0.25) is 0 Å². The molecular weight excluding hydrogens is 406 g/mol. The van der Waals surface area contributed by atoms with Gasteiger partial charge >= 0.3 is 11.9 Å². The summed E-state index contributed by atoms with van der Waals surface area (Å²) in [6, 6.07) is -1.18. The molecule has 1 saturated heterocycles. The third kappa shape index (κ3) is 4.24. The van der Waals surface area contributed by atoms with Gasteiger partial charge in [0.1, 0.15) is 17.2 Å². The average Bonchev–Trinajstić information content (AvgIpc) is 2.93. The van der Waals surface area contributed by atoms with Crippen LogP contribution in [0.25, 0.3) is 0 Å². The van der Waals surface area contributed by atoms with E-state index in [0.29, 0.717) is 19.3 Å². The summed E-state index contributed by atoms with van der Waals surface area (Å²) in [6.45, 7) is 2.94. The maximum Gasteiger partial charge on any atom is 0.330 e. The number of ether oxygens (including phenoxy) is 2. The van der Waals surface area contributed by atoms with Gasteiger partial charge in [-0.2, -0.15) is 0 Å². The number of hydrogen-bond donors (Lipinski definition) is 2. The first-order valence-corrected chi connectivity index (χ1v) is 10.8. The van der Waals surface area contributed by atoms with Gasteiger partial charge in [0.15, 0.2) is 6.04 Å². The summed E-state index contributed by atoms with van der Waals surface area (Å²) in [5.41, 5.74) is -1.86. The Bertz CT molecular complexity index is 794. The van der Waals surface area contributed by atoms with Crippen LogP contribution in [0.3, 0.4) is 0 Å². The first-order chi connectivity index (χ1) is 14.6. The second kappa shape index (κ2) is 8.68. The molecule has 6 atom stereocenters. The quantitative estimate of drug-likeness (QED) is 0.580. The van der Waals surface area contributed by atoms with Gasteiger partial charge in [0.25, 0.3) is 0 Å². The van der Waals surface area contributed by atoms with Crippen LogP contribution >= 0.6 is 0 Å². The molecule has 6 unspecified atom stereocenters. The Labute approximate surface area is 181 Å². The van der Waals surface area contributed by atoms with E-state index in [0.717, 1.165) is 7.11 Å². The first kappa shape index (κ1) is 23.4. The van der Waals surface area contributed by atoms with Gasteiger partial charge in [0.05, 0.1) is 19.6 Å². The molecule has 3 aliphatic rings. The van der Waals surface area contributed by atoms with Crippen molar-refractivity contribution < 1.29 is 38.6 Å². The van der Waals surface area contributed by atoms with Gasteiger partial charge in [0, 0.05) is 31.1 Å². The Balaban J connectivity index is 1.79. The van der Waals surface area contributed by atoms with Crippen molar-refractivity contribution >= 4 is 29.4 Å². The number of amides is 1. The molecule has 0 aromatic carbocycles. The number of cyclic esters (lactones) is 1. The Hall–Kier alpha value is -2.29. The lowest BCUT2D eigenvalue weighted by molar-refractivity contribution is -0.172. The van der Waals surface area contributed by atoms with Crippen LogP contribution in [0.4, 0.5) is 0 Å². The highest BCUT2D eigenvalue weighted by atomic mass is 16.6. The first-order valence-electron chi connectivity index (χ1n) is 10.8. The molecule has 0 bridgehead atoms. The van der Waals surface area contributed by atoms with Crippen molar-refractivity contribution in [1.29, 1.82) is 0 Å². The monoisotopic (exact) mass is 437 g/mol. The zero-order valence-corrected chi connectivity index (χ0v) is 18.3. The molecule has 0 aromatic rings. The molecule has 0 radical (unpaired) electrons. The number of hydrogen-bond acceptors (Lipinski definition) is 8. The lowest BCUT2D eigenvalue weighted by atomic mass is 9.55. The molecule has 2 aliphatic carbocycles. The van der Waals surface area contributed by atoms with Crippen LogP contribution in [-0.2, 0) is 33.4 Å². The Morgan fingerprint density at radius 3 is 2.58 bits per heavy atom. The van der Waals surface area contributed by atoms with E-state index in [2.05, 4.69) is 10.1 Å². The summed E-state index contributed by atoms with van der Waals surface area (Å²) in [6.07, 6.45) is 1.92. The van der Waals surface area contributed by atoms with E-state index < -0.39 is 47.4 Å². The number of rotatable bonds is 6. The van der Waals surface area contributed by atoms with Gasteiger partial charge in [-0.15, -0.1) is 0 Å². The minimum atomic E-state index is -1.18. The number of esters is 2. The Kier molecular flexibility index (Phi) is 6.55. The Morgan fingerprint density at radius 1 is 1.23 bits per heavy atom. The largest absolute Gasteiger partial charge is 0.467 e. The van der Waals surface area contributed by atoms with Crippen LogP contribution in [0.15, 0.2) is 0 Å². The van der Waals surface area contributed by atoms with Crippen LogP contribution in [0, 0.1) is 23.2 Å². The molecule has 3 fully saturated rings. The third-order valence-corrected chi connectivity index (χ3v) is 7.51. The summed E-state index contributed by atoms with van der Waals surface area (Å²) in [5, 5.41) is 11.7. The highest BCUT2D eigenvalue weighted by Crippen LogP contribution is 2.57. The van der Waals surface area contributed by atoms with E-state index in [1.165, 1.54) is 0 Å². The molecule has 172 valence electrons. The van der Waals surface area contributed by atoms with Crippen molar-refractivity contribution in [2.75, 3.05) is 13.7 Å². The zero-order chi connectivity index (χ0) is 23.0. The zero-order valence-electron chi connectivity index (χ0n) is 18.3. The number of aliphatic hydroxyl groups is 1. The summed E-state index contributed by atoms with van der Waals surface area (Å²) < 4.78 is 10.3. The summed E-state index contributed by atoms with van der Waals surface area (Å²) in [5.74, 6) is -2.41. The number of carbonyl (C=O) groups excluding carboxylic acids is 5. The molecule has 31 heavy (non-hydrogen) atoms. The molecule has 2 N–H and O–H groups in total. The van der Waals surface area contributed by atoms with E-state index in [-0.39, 0.29) is 49.1 Å². The topological polar surface area (TPSA) is 136 Å². The van der Waals surface area contributed by atoms with Gasteiger partial charge in [0.2, 0.25) is 5.91 Å². The predicted octanol–water partition coefficient (Wildman–Crippen LogP) is 0.703. The fraction of sp³-hybridized carbons (Fsp3) is 0.773. The number of carbonyl (C=O) groups is 5. The lowest BCUT2D eigenvalue weighted by Crippen LogP contribution is -2.55. The van der Waals surface area contributed by atoms with Crippen LogP contribution in [0.5, 0.6) is 0 Å². The Morgan fingerprint density at radius 2 is 1.94 bits per heavy atom. The molecule has 3 rings (SSSR count). The van der Waals surface area contributed by atoms with Crippen molar-refractivity contribution in [3.63, 3.8) is 0 Å². The molecule has 0 spiro atoms. The average molecular weight is 437 g/mol. The minimum Gasteiger partial charge on any atom is -0.467 e. The molecule has 0 aromatic heterocycles. The van der Waals surface area contributed by atoms with Gasteiger partial charge in [-0.3, -0.25) is 19.2 Å². The number of methoxy groups -OCH3 is 1. The number of aliphatic hydroxyl groups excluding tert-OH is 1. The third-order valence-electron chi connectivity index (χ3n) is 7.51. The van der Waals surface area contributed by atoms with Crippen molar-refractivity contribution in [3.8, 4) is 0 Å².